The van der Waals surface area contributed by atoms with Gasteiger partial charge in [-0.3, -0.25) is 9.59 Å². The maximum atomic E-state index is 13.7. The number of furan rings is 1. The molecule has 35 heavy (non-hydrogen) atoms. The quantitative estimate of drug-likeness (QED) is 0.328. The number of benzene rings is 3. The van der Waals surface area contributed by atoms with Crippen LogP contribution in [0.4, 0.5) is 0 Å². The van der Waals surface area contributed by atoms with Crippen molar-refractivity contribution in [3.05, 3.63) is 112 Å². The molecule has 1 atom stereocenters. The highest BCUT2D eigenvalue weighted by Crippen LogP contribution is 2.41. The second-order valence-electron chi connectivity index (χ2n) is 8.45. The minimum Gasteiger partial charge on any atom is -0.503 e. The summed E-state index contributed by atoms with van der Waals surface area (Å²) < 4.78 is 11.2. The first-order valence-corrected chi connectivity index (χ1v) is 11.4. The maximum Gasteiger partial charge on any atom is 0.290 e. The molecular weight excluding hydrogens is 466 g/mol. The predicted octanol–water partition coefficient (Wildman–Crippen LogP) is 6.18. The SMILES string of the molecule is COc1ccccc1CN1C(=O)C(O)=C(C(=O)c2cc3cc(Cl)ccc3o2)C1c1cccc(C)c1. The second kappa shape index (κ2) is 8.96. The van der Waals surface area contributed by atoms with E-state index >= 15 is 0 Å². The van der Waals surface area contributed by atoms with Gasteiger partial charge < -0.3 is 19.2 Å². The number of carbonyl (C=O) groups is 2. The van der Waals surface area contributed by atoms with Crippen molar-refractivity contribution in [2.75, 3.05) is 7.11 Å². The van der Waals surface area contributed by atoms with E-state index in [1.54, 1.807) is 37.4 Å². The van der Waals surface area contributed by atoms with Crippen LogP contribution in [0.3, 0.4) is 0 Å². The number of fused-ring (bicyclic) bond motifs is 1. The van der Waals surface area contributed by atoms with Crippen LogP contribution in [0.15, 0.2) is 88.5 Å². The first kappa shape index (κ1) is 22.7. The number of rotatable bonds is 6. The fourth-order valence-electron chi connectivity index (χ4n) is 4.51. The Labute approximate surface area is 207 Å². The Morgan fingerprint density at radius 1 is 1.09 bits per heavy atom. The number of ketones is 1. The van der Waals surface area contributed by atoms with Crippen LogP contribution in [0.2, 0.25) is 5.02 Å². The fraction of sp³-hybridized carbons (Fsp3) is 0.143. The van der Waals surface area contributed by atoms with Gasteiger partial charge >= 0.3 is 0 Å². The summed E-state index contributed by atoms with van der Waals surface area (Å²) in [6.07, 6.45) is 0. The highest BCUT2D eigenvalue weighted by Gasteiger charge is 2.44. The van der Waals surface area contributed by atoms with Gasteiger partial charge in [0.1, 0.15) is 11.3 Å². The lowest BCUT2D eigenvalue weighted by atomic mass is 9.94. The molecule has 7 heteroatoms. The standard InChI is InChI=1S/C28H22ClNO5/c1-16-6-5-8-17(12-16)25-24(26(31)23-14-19-13-20(29)10-11-22(19)35-23)27(32)28(33)30(25)15-18-7-3-4-9-21(18)34-2/h3-14,25,32H,15H2,1-2H3. The van der Waals surface area contributed by atoms with Crippen molar-refractivity contribution in [1.29, 1.82) is 0 Å². The highest BCUT2D eigenvalue weighted by atomic mass is 35.5. The molecule has 5 rings (SSSR count). The number of hydrogen-bond donors (Lipinski definition) is 1. The van der Waals surface area contributed by atoms with Crippen molar-refractivity contribution >= 4 is 34.3 Å². The summed E-state index contributed by atoms with van der Waals surface area (Å²) in [6, 6.07) is 20.7. The molecule has 3 aromatic carbocycles. The summed E-state index contributed by atoms with van der Waals surface area (Å²) in [6.45, 7) is 2.07. The number of hydrogen-bond acceptors (Lipinski definition) is 5. The first-order chi connectivity index (χ1) is 16.9. The number of halogens is 1. The van der Waals surface area contributed by atoms with Gasteiger partial charge in [-0.2, -0.15) is 0 Å². The van der Waals surface area contributed by atoms with E-state index in [2.05, 4.69) is 0 Å². The molecule has 0 spiro atoms. The maximum absolute atomic E-state index is 13.7. The molecule has 1 aliphatic rings. The zero-order valence-electron chi connectivity index (χ0n) is 19.1. The average Bonchev–Trinajstić information content (AvgIpc) is 3.38. The topological polar surface area (TPSA) is 80.0 Å². The van der Waals surface area contributed by atoms with Crippen molar-refractivity contribution in [3.8, 4) is 5.75 Å². The van der Waals surface area contributed by atoms with E-state index < -0.39 is 23.5 Å². The molecular formula is C28H22ClNO5. The van der Waals surface area contributed by atoms with E-state index in [4.69, 9.17) is 20.8 Å². The average molecular weight is 488 g/mol. The molecule has 1 amide bonds. The predicted molar refractivity (Wildman–Crippen MR) is 133 cm³/mol. The zero-order chi connectivity index (χ0) is 24.7. The normalized spacial score (nSPS) is 15.8. The van der Waals surface area contributed by atoms with E-state index in [9.17, 15) is 14.7 Å². The lowest BCUT2D eigenvalue weighted by Crippen LogP contribution is -2.31. The molecule has 0 bridgehead atoms. The summed E-state index contributed by atoms with van der Waals surface area (Å²) in [5, 5.41) is 12.1. The zero-order valence-corrected chi connectivity index (χ0v) is 19.9. The van der Waals surface area contributed by atoms with Crippen LogP contribution in [0.1, 0.15) is 33.3 Å². The van der Waals surface area contributed by atoms with Gasteiger partial charge in [0.15, 0.2) is 11.5 Å². The Kier molecular flexibility index (Phi) is 5.83. The molecule has 4 aromatic rings. The molecule has 1 aromatic heterocycles. The minimum atomic E-state index is -0.809. The van der Waals surface area contributed by atoms with Crippen molar-refractivity contribution < 1.29 is 23.8 Å². The lowest BCUT2D eigenvalue weighted by Gasteiger charge is -2.27. The molecule has 1 aliphatic heterocycles. The second-order valence-corrected chi connectivity index (χ2v) is 8.88. The number of amides is 1. The number of methoxy groups -OCH3 is 1. The summed E-state index contributed by atoms with van der Waals surface area (Å²) in [4.78, 5) is 28.5. The molecule has 0 radical (unpaired) electrons. The molecule has 6 nitrogen and oxygen atoms in total. The number of para-hydroxylation sites is 1. The van der Waals surface area contributed by atoms with E-state index in [0.717, 1.165) is 11.1 Å². The largest absolute Gasteiger partial charge is 0.503 e. The van der Waals surface area contributed by atoms with E-state index in [0.29, 0.717) is 27.3 Å². The number of carbonyl (C=O) groups excluding carboxylic acids is 2. The van der Waals surface area contributed by atoms with Gasteiger partial charge in [0.2, 0.25) is 5.78 Å². The molecule has 2 heterocycles. The summed E-state index contributed by atoms with van der Waals surface area (Å²) in [7, 11) is 1.56. The number of aliphatic hydroxyl groups excluding tert-OH is 1. The van der Waals surface area contributed by atoms with Crippen molar-refractivity contribution in [3.63, 3.8) is 0 Å². The van der Waals surface area contributed by atoms with E-state index in [1.165, 1.54) is 4.90 Å². The fourth-order valence-corrected chi connectivity index (χ4v) is 4.69. The molecule has 176 valence electrons. The Hall–Kier alpha value is -4.03. The third-order valence-corrected chi connectivity index (χ3v) is 6.38. The van der Waals surface area contributed by atoms with Crippen LogP contribution >= 0.6 is 11.6 Å². The van der Waals surface area contributed by atoms with Gasteiger partial charge in [-0.05, 0) is 42.8 Å². The van der Waals surface area contributed by atoms with E-state index in [-0.39, 0.29) is 17.9 Å². The van der Waals surface area contributed by atoms with Gasteiger partial charge in [-0.25, -0.2) is 0 Å². The van der Waals surface area contributed by atoms with Gasteiger partial charge in [0.25, 0.3) is 5.91 Å². The Balaban J connectivity index is 1.61. The monoisotopic (exact) mass is 487 g/mol. The van der Waals surface area contributed by atoms with Crippen LogP contribution in [0, 0.1) is 6.92 Å². The molecule has 1 unspecified atom stereocenters. The lowest BCUT2D eigenvalue weighted by molar-refractivity contribution is -0.130. The van der Waals surface area contributed by atoms with Crippen LogP contribution in [0.5, 0.6) is 5.75 Å². The van der Waals surface area contributed by atoms with Gasteiger partial charge in [-0.15, -0.1) is 0 Å². The van der Waals surface area contributed by atoms with Crippen LogP contribution < -0.4 is 4.74 Å². The molecule has 0 aliphatic carbocycles. The smallest absolute Gasteiger partial charge is 0.290 e. The number of ether oxygens (including phenoxy) is 1. The van der Waals surface area contributed by atoms with Gasteiger partial charge in [0.05, 0.1) is 25.3 Å². The molecule has 1 N–H and O–H groups in total. The number of nitrogens with zero attached hydrogens (tertiary/aromatic N) is 1. The molecule has 0 fully saturated rings. The third kappa shape index (κ3) is 4.06. The van der Waals surface area contributed by atoms with Crippen molar-refractivity contribution in [1.82, 2.24) is 4.90 Å². The summed E-state index contributed by atoms with van der Waals surface area (Å²) >= 11 is 6.08. The van der Waals surface area contributed by atoms with Crippen LogP contribution in [-0.2, 0) is 11.3 Å². The van der Waals surface area contributed by atoms with E-state index in [1.807, 2.05) is 49.4 Å². The number of Topliss-reactive ketones (excluding diaryl/α,β-unsaturated/α-hetero) is 1. The van der Waals surface area contributed by atoms with Crippen LogP contribution in [0.25, 0.3) is 11.0 Å². The summed E-state index contributed by atoms with van der Waals surface area (Å²) in [5.41, 5.74) is 2.88. The Morgan fingerprint density at radius 2 is 1.89 bits per heavy atom. The first-order valence-electron chi connectivity index (χ1n) is 11.0. The van der Waals surface area contributed by atoms with Crippen LogP contribution in [-0.4, -0.2) is 28.8 Å². The molecule has 0 saturated carbocycles. The Bertz CT molecular complexity index is 1500. The number of aryl methyl sites for hydroxylation is 1. The van der Waals surface area contributed by atoms with Crippen molar-refractivity contribution in [2.45, 2.75) is 19.5 Å². The van der Waals surface area contributed by atoms with Gasteiger partial charge in [-0.1, -0.05) is 59.6 Å². The summed E-state index contributed by atoms with van der Waals surface area (Å²) in [5.74, 6) is -1.15. The number of aliphatic hydroxyl groups is 1. The minimum absolute atomic E-state index is 0.0217. The molecule has 0 saturated heterocycles. The highest BCUT2D eigenvalue weighted by molar-refractivity contribution is 6.31. The van der Waals surface area contributed by atoms with Crippen molar-refractivity contribution in [2.24, 2.45) is 0 Å². The Morgan fingerprint density at radius 3 is 2.66 bits per heavy atom. The van der Waals surface area contributed by atoms with Gasteiger partial charge in [0, 0.05) is 16.0 Å². The third-order valence-electron chi connectivity index (χ3n) is 6.14.